The van der Waals surface area contributed by atoms with E-state index in [4.69, 9.17) is 5.73 Å². The maximum atomic E-state index is 14.8. The summed E-state index contributed by atoms with van der Waals surface area (Å²) in [4.78, 5) is 51.4. The molecule has 2 N–H and O–H groups in total. The molecule has 2 aromatic heterocycles. The summed E-state index contributed by atoms with van der Waals surface area (Å²) in [5.74, 6) is -5.76. The van der Waals surface area contributed by atoms with Crippen LogP contribution in [-0.2, 0) is 11.3 Å². The molecular formula is C23H19F3N6O3S. The lowest BCUT2D eigenvalue weighted by atomic mass is 10.0. The number of hydrogen-bond acceptors (Lipinski definition) is 7. The number of rotatable bonds is 6. The first-order valence-corrected chi connectivity index (χ1v) is 11.6. The minimum Gasteiger partial charge on any atom is -0.364 e. The zero-order chi connectivity index (χ0) is 26.4. The van der Waals surface area contributed by atoms with Gasteiger partial charge in [0.05, 0.1) is 16.3 Å². The monoisotopic (exact) mass is 516 g/mol. The van der Waals surface area contributed by atoms with Gasteiger partial charge in [0.15, 0.2) is 17.3 Å². The number of pyridine rings is 1. The van der Waals surface area contributed by atoms with Gasteiger partial charge in [0.1, 0.15) is 17.1 Å². The molecule has 1 saturated heterocycles. The Morgan fingerprint density at radius 1 is 1.06 bits per heavy atom. The van der Waals surface area contributed by atoms with Crippen LogP contribution < -0.4 is 10.6 Å². The van der Waals surface area contributed by atoms with Gasteiger partial charge in [0.25, 0.3) is 11.8 Å². The van der Waals surface area contributed by atoms with Gasteiger partial charge in [-0.3, -0.25) is 19.6 Å². The van der Waals surface area contributed by atoms with Gasteiger partial charge in [-0.25, -0.2) is 27.8 Å². The number of amides is 4. The van der Waals surface area contributed by atoms with E-state index in [1.165, 1.54) is 44.8 Å². The largest absolute Gasteiger partial charge is 0.364 e. The number of carbonyl (C=O) groups is 3. The second kappa shape index (κ2) is 9.22. The van der Waals surface area contributed by atoms with Gasteiger partial charge in [-0.05, 0) is 37.8 Å². The number of primary amides is 1. The van der Waals surface area contributed by atoms with E-state index in [1.807, 2.05) is 0 Å². The lowest BCUT2D eigenvalue weighted by Gasteiger charge is -2.27. The second-order valence-corrected chi connectivity index (χ2v) is 9.09. The van der Waals surface area contributed by atoms with E-state index in [0.717, 1.165) is 4.90 Å². The van der Waals surface area contributed by atoms with Crippen LogP contribution in [0.2, 0.25) is 0 Å². The summed E-state index contributed by atoms with van der Waals surface area (Å²) in [6.45, 7) is 2.72. The molecule has 0 saturated carbocycles. The van der Waals surface area contributed by atoms with Crippen LogP contribution in [0.5, 0.6) is 0 Å². The number of thioether (sulfide) groups is 1. The molecule has 1 aromatic carbocycles. The third-order valence-corrected chi connectivity index (χ3v) is 6.49. The van der Waals surface area contributed by atoms with Crippen molar-refractivity contribution in [1.82, 2.24) is 19.9 Å². The van der Waals surface area contributed by atoms with Crippen LogP contribution >= 0.6 is 11.8 Å². The van der Waals surface area contributed by atoms with Gasteiger partial charge in [-0.2, -0.15) is 0 Å². The molecule has 3 heterocycles. The van der Waals surface area contributed by atoms with Crippen LogP contribution in [0.4, 0.5) is 23.7 Å². The SMILES string of the molecule is CSc1c(F)cc(N2C(=O)N(Cc3ccnc(-c4nccnc4C(N)=O)c3)C(C)(C)C2=O)c(F)c1F. The van der Waals surface area contributed by atoms with Crippen molar-refractivity contribution in [1.29, 1.82) is 0 Å². The fraction of sp³-hybridized carbons (Fsp3) is 0.217. The third-order valence-electron chi connectivity index (χ3n) is 5.71. The summed E-state index contributed by atoms with van der Waals surface area (Å²) >= 11 is 0.660. The average Bonchev–Trinajstić information content (AvgIpc) is 3.01. The number of benzene rings is 1. The molecule has 4 amide bonds. The molecule has 0 radical (unpaired) electrons. The number of hydrogen-bond donors (Lipinski definition) is 1. The molecule has 0 aliphatic carbocycles. The Morgan fingerprint density at radius 3 is 2.42 bits per heavy atom. The quantitative estimate of drug-likeness (QED) is 0.302. The summed E-state index contributed by atoms with van der Waals surface area (Å²) in [5, 5.41) is 0. The van der Waals surface area contributed by atoms with E-state index in [1.54, 1.807) is 6.07 Å². The number of halogens is 3. The van der Waals surface area contributed by atoms with Crippen molar-refractivity contribution in [2.75, 3.05) is 11.2 Å². The summed E-state index contributed by atoms with van der Waals surface area (Å²) in [5.41, 5.74) is 3.81. The highest BCUT2D eigenvalue weighted by Crippen LogP contribution is 2.38. The van der Waals surface area contributed by atoms with Crippen molar-refractivity contribution in [3.63, 3.8) is 0 Å². The molecule has 186 valence electrons. The standard InChI is InChI=1S/C23H19F3N6O3S/c1-23(2)21(34)32(14-9-12(24)19(36-3)16(26)15(14)25)22(35)31(23)10-11-4-5-28-13(8-11)17-18(20(27)33)30-7-6-29-17/h4-9H,10H2,1-3H3,(H2,27,33). The van der Waals surface area contributed by atoms with Crippen molar-refractivity contribution in [3.8, 4) is 11.4 Å². The van der Waals surface area contributed by atoms with Gasteiger partial charge in [-0.15, -0.1) is 11.8 Å². The number of nitrogens with two attached hydrogens (primary N) is 1. The van der Waals surface area contributed by atoms with Crippen LogP contribution in [0.25, 0.3) is 11.4 Å². The molecule has 0 spiro atoms. The Kier molecular flexibility index (Phi) is 6.43. The van der Waals surface area contributed by atoms with E-state index in [0.29, 0.717) is 28.3 Å². The number of imide groups is 1. The molecule has 3 aromatic rings. The van der Waals surface area contributed by atoms with Gasteiger partial charge in [0.2, 0.25) is 0 Å². The first kappa shape index (κ1) is 25.1. The predicted molar refractivity (Wildman–Crippen MR) is 124 cm³/mol. The Hall–Kier alpha value is -4.00. The molecular weight excluding hydrogens is 497 g/mol. The number of nitrogens with zero attached hydrogens (tertiary/aromatic N) is 5. The van der Waals surface area contributed by atoms with Crippen molar-refractivity contribution in [2.24, 2.45) is 5.73 Å². The van der Waals surface area contributed by atoms with Gasteiger partial charge in [0, 0.05) is 31.2 Å². The lowest BCUT2D eigenvalue weighted by molar-refractivity contribution is -0.123. The third kappa shape index (κ3) is 4.04. The van der Waals surface area contributed by atoms with Crippen molar-refractivity contribution in [2.45, 2.75) is 30.8 Å². The first-order valence-electron chi connectivity index (χ1n) is 10.4. The number of carbonyl (C=O) groups excluding carboxylic acids is 3. The normalized spacial score (nSPS) is 15.1. The molecule has 1 aliphatic heterocycles. The number of anilines is 1. The van der Waals surface area contributed by atoms with Crippen LogP contribution in [0.3, 0.4) is 0 Å². The molecule has 0 bridgehead atoms. The number of urea groups is 1. The molecule has 0 unspecified atom stereocenters. The Bertz CT molecular complexity index is 1420. The van der Waals surface area contributed by atoms with E-state index in [-0.39, 0.29) is 23.6 Å². The van der Waals surface area contributed by atoms with Gasteiger partial charge >= 0.3 is 6.03 Å². The second-order valence-electron chi connectivity index (χ2n) is 8.27. The topological polar surface area (TPSA) is 122 Å². The highest BCUT2D eigenvalue weighted by Gasteiger charge is 2.52. The Morgan fingerprint density at radius 2 is 1.75 bits per heavy atom. The molecule has 1 aliphatic rings. The van der Waals surface area contributed by atoms with Gasteiger partial charge < -0.3 is 10.6 Å². The molecule has 36 heavy (non-hydrogen) atoms. The fourth-order valence-corrected chi connectivity index (χ4v) is 4.34. The minimum atomic E-state index is -1.51. The van der Waals surface area contributed by atoms with Crippen molar-refractivity contribution >= 4 is 35.3 Å². The molecule has 9 nitrogen and oxygen atoms in total. The van der Waals surface area contributed by atoms with Crippen LogP contribution in [0.1, 0.15) is 29.9 Å². The lowest BCUT2D eigenvalue weighted by Crippen LogP contribution is -2.43. The summed E-state index contributed by atoms with van der Waals surface area (Å²) in [6, 6.07) is 2.76. The highest BCUT2D eigenvalue weighted by molar-refractivity contribution is 7.98. The minimum absolute atomic E-state index is 0.103. The van der Waals surface area contributed by atoms with Crippen molar-refractivity contribution in [3.05, 3.63) is 65.5 Å². The van der Waals surface area contributed by atoms with Crippen molar-refractivity contribution < 1.29 is 27.6 Å². The number of aromatic nitrogens is 3. The molecule has 1 fully saturated rings. The summed E-state index contributed by atoms with van der Waals surface area (Å²) in [7, 11) is 0. The predicted octanol–water partition coefficient (Wildman–Crippen LogP) is 3.52. The zero-order valence-corrected chi connectivity index (χ0v) is 20.1. The maximum Gasteiger partial charge on any atom is 0.332 e. The van der Waals surface area contributed by atoms with Gasteiger partial charge in [-0.1, -0.05) is 0 Å². The van der Waals surface area contributed by atoms with E-state index in [9.17, 15) is 27.6 Å². The summed E-state index contributed by atoms with van der Waals surface area (Å²) < 4.78 is 43.6. The van der Waals surface area contributed by atoms with E-state index < -0.39 is 51.4 Å². The zero-order valence-electron chi connectivity index (χ0n) is 19.3. The smallest absolute Gasteiger partial charge is 0.332 e. The van der Waals surface area contributed by atoms with E-state index >= 15 is 0 Å². The Balaban J connectivity index is 1.71. The average molecular weight is 517 g/mol. The fourth-order valence-electron chi connectivity index (χ4n) is 3.82. The molecule has 0 atom stereocenters. The van der Waals surface area contributed by atoms with Crippen LogP contribution in [-0.4, -0.2) is 49.5 Å². The molecule has 13 heteroatoms. The summed E-state index contributed by atoms with van der Waals surface area (Å²) in [6.07, 6.45) is 5.43. The van der Waals surface area contributed by atoms with Crippen LogP contribution in [0, 0.1) is 17.5 Å². The first-order chi connectivity index (χ1) is 17.0. The molecule has 4 rings (SSSR count). The van der Waals surface area contributed by atoms with E-state index in [2.05, 4.69) is 15.0 Å². The maximum absolute atomic E-state index is 14.8. The Labute approximate surface area is 207 Å². The van der Waals surface area contributed by atoms with Crippen LogP contribution in [0.15, 0.2) is 41.7 Å². The highest BCUT2D eigenvalue weighted by atomic mass is 32.2.